The Balaban J connectivity index is 2.46. The molecule has 0 aliphatic rings. The molecule has 2 aromatic rings. The second-order valence-electron chi connectivity index (χ2n) is 4.74. The Labute approximate surface area is 141 Å². The van der Waals surface area contributed by atoms with E-state index in [0.717, 1.165) is 12.1 Å². The molecule has 0 bridgehead atoms. The van der Waals surface area contributed by atoms with Gasteiger partial charge in [0.15, 0.2) is 0 Å². The summed E-state index contributed by atoms with van der Waals surface area (Å²) in [7, 11) is -9.48. The third kappa shape index (κ3) is 4.06. The summed E-state index contributed by atoms with van der Waals surface area (Å²) in [6.45, 7) is 0. The third-order valence-electron chi connectivity index (χ3n) is 3.01. The Kier molecular flexibility index (Phi) is 4.72. The Bertz CT molecular complexity index is 1060. The highest BCUT2D eigenvalue weighted by Crippen LogP contribution is 2.31. The van der Waals surface area contributed by atoms with Crippen LogP contribution in [0.2, 0.25) is 0 Å². The third-order valence-corrected chi connectivity index (χ3v) is 4.81. The second kappa shape index (κ2) is 6.33. The summed E-state index contributed by atoms with van der Waals surface area (Å²) in [5.41, 5.74) is -0.914. The summed E-state index contributed by atoms with van der Waals surface area (Å²) in [4.78, 5) is 10.5. The van der Waals surface area contributed by atoms with Gasteiger partial charge in [-0.05, 0) is 18.2 Å². The van der Waals surface area contributed by atoms with Crippen molar-refractivity contribution in [1.29, 1.82) is 0 Å². The second-order valence-corrected chi connectivity index (χ2v) is 7.52. The summed E-state index contributed by atoms with van der Waals surface area (Å²) in [5.74, 6) is -3.01. The van der Waals surface area contributed by atoms with Crippen molar-refractivity contribution in [2.24, 2.45) is 0 Å². The van der Waals surface area contributed by atoms with Crippen molar-refractivity contribution in [1.82, 2.24) is 0 Å². The number of amides is 1. The van der Waals surface area contributed by atoms with E-state index in [1.165, 1.54) is 12.1 Å². The van der Waals surface area contributed by atoms with E-state index in [0.29, 0.717) is 12.1 Å². The van der Waals surface area contributed by atoms with Gasteiger partial charge in [0.05, 0.1) is 11.3 Å². The summed E-state index contributed by atoms with van der Waals surface area (Å²) >= 11 is 0. The van der Waals surface area contributed by atoms with Crippen LogP contribution in [0.1, 0.15) is 10.4 Å². The predicted molar refractivity (Wildman–Crippen MR) is 83.8 cm³/mol. The van der Waals surface area contributed by atoms with E-state index in [9.17, 15) is 31.8 Å². The van der Waals surface area contributed by atoms with E-state index in [1.54, 1.807) is 0 Å². The number of anilines is 1. The molecule has 0 spiro atoms. The summed E-state index contributed by atoms with van der Waals surface area (Å²) in [5, 5.41) is 21.4. The maximum atomic E-state index is 12.2. The van der Waals surface area contributed by atoms with Crippen LogP contribution < -0.4 is 5.32 Å². The van der Waals surface area contributed by atoms with Crippen LogP contribution in [-0.2, 0) is 20.2 Å². The summed E-state index contributed by atoms with van der Waals surface area (Å²) < 4.78 is 62.6. The molecule has 0 heterocycles. The number of benzene rings is 2. The number of carbonyl (C=O) groups excluding carboxylic acids is 1. The van der Waals surface area contributed by atoms with Gasteiger partial charge in [0.1, 0.15) is 21.3 Å². The molecule has 25 heavy (non-hydrogen) atoms. The van der Waals surface area contributed by atoms with Crippen molar-refractivity contribution in [2.75, 3.05) is 5.32 Å². The average molecular weight is 389 g/mol. The number of hydrogen-bond donors (Lipinski definition) is 5. The average Bonchev–Trinajstić information content (AvgIpc) is 2.47. The quantitative estimate of drug-likeness (QED) is 0.374. The molecule has 0 aliphatic heterocycles. The SMILES string of the molecule is O=C(Nc1ccccc1S(=O)(=O)O)c1cc(O)c(S(=O)(=O)O)cc1O. The molecular formula is C13H11NO9S2. The normalized spacial score (nSPS) is 11.9. The molecule has 10 nitrogen and oxygen atoms in total. The number of nitrogens with one attached hydrogen (secondary N) is 1. The number of hydrogen-bond acceptors (Lipinski definition) is 7. The van der Waals surface area contributed by atoms with Gasteiger partial charge in [0.25, 0.3) is 26.1 Å². The van der Waals surface area contributed by atoms with E-state index in [2.05, 4.69) is 5.32 Å². The van der Waals surface area contributed by atoms with Gasteiger partial charge in [0, 0.05) is 6.07 Å². The minimum absolute atomic E-state index is 0.312. The Hall–Kier alpha value is -2.67. The zero-order chi connectivity index (χ0) is 19.0. The molecule has 12 heteroatoms. The molecule has 1 amide bonds. The highest BCUT2D eigenvalue weighted by molar-refractivity contribution is 7.86. The zero-order valence-corrected chi connectivity index (χ0v) is 13.7. The van der Waals surface area contributed by atoms with Gasteiger partial charge in [-0.25, -0.2) is 0 Å². The van der Waals surface area contributed by atoms with Crippen LogP contribution in [-0.4, -0.2) is 42.1 Å². The number of aromatic hydroxyl groups is 2. The maximum Gasteiger partial charge on any atom is 0.298 e. The first-order valence-electron chi connectivity index (χ1n) is 6.32. The van der Waals surface area contributed by atoms with E-state index in [-0.39, 0.29) is 5.69 Å². The van der Waals surface area contributed by atoms with E-state index < -0.39 is 53.0 Å². The van der Waals surface area contributed by atoms with Crippen molar-refractivity contribution in [2.45, 2.75) is 9.79 Å². The predicted octanol–water partition coefficient (Wildman–Crippen LogP) is 0.844. The lowest BCUT2D eigenvalue weighted by Crippen LogP contribution is -2.15. The highest BCUT2D eigenvalue weighted by atomic mass is 32.2. The number of rotatable bonds is 4. The van der Waals surface area contributed by atoms with Crippen molar-refractivity contribution < 1.29 is 40.9 Å². The molecule has 134 valence electrons. The van der Waals surface area contributed by atoms with Crippen LogP contribution >= 0.6 is 0 Å². The number of para-hydroxylation sites is 1. The molecule has 2 aromatic carbocycles. The van der Waals surface area contributed by atoms with E-state index in [4.69, 9.17) is 9.11 Å². The van der Waals surface area contributed by atoms with Gasteiger partial charge in [-0.2, -0.15) is 16.8 Å². The number of phenols is 2. The lowest BCUT2D eigenvalue weighted by Gasteiger charge is -2.11. The molecule has 0 fully saturated rings. The fourth-order valence-corrected chi connectivity index (χ4v) is 3.16. The molecule has 0 saturated heterocycles. The number of carbonyl (C=O) groups is 1. The largest absolute Gasteiger partial charge is 0.507 e. The molecular weight excluding hydrogens is 378 g/mol. The molecule has 0 unspecified atom stereocenters. The van der Waals surface area contributed by atoms with Gasteiger partial charge in [-0.1, -0.05) is 12.1 Å². The first-order chi connectivity index (χ1) is 11.4. The van der Waals surface area contributed by atoms with Crippen LogP contribution in [0.4, 0.5) is 5.69 Å². The molecule has 0 saturated carbocycles. The molecule has 0 aromatic heterocycles. The Morgan fingerprint density at radius 1 is 0.840 bits per heavy atom. The lowest BCUT2D eigenvalue weighted by molar-refractivity contribution is 0.102. The van der Waals surface area contributed by atoms with Crippen LogP contribution in [0.5, 0.6) is 11.5 Å². The first-order valence-corrected chi connectivity index (χ1v) is 9.20. The van der Waals surface area contributed by atoms with Crippen molar-refractivity contribution in [3.05, 3.63) is 42.0 Å². The minimum Gasteiger partial charge on any atom is -0.507 e. The van der Waals surface area contributed by atoms with Crippen molar-refractivity contribution >= 4 is 31.8 Å². The van der Waals surface area contributed by atoms with Crippen molar-refractivity contribution in [3.63, 3.8) is 0 Å². The standard InChI is InChI=1S/C13H11NO9S2/c15-9-6-12(25(21,22)23)10(16)5-7(9)13(17)14-8-3-1-2-4-11(8)24(18,19)20/h1-6,15-16H,(H,14,17)(H,18,19,20)(H,21,22,23). The lowest BCUT2D eigenvalue weighted by atomic mass is 10.1. The molecule has 2 rings (SSSR count). The number of phenolic OH excluding ortho intramolecular Hbond substituents is 2. The van der Waals surface area contributed by atoms with Gasteiger partial charge < -0.3 is 15.5 Å². The monoisotopic (exact) mass is 389 g/mol. The summed E-state index contributed by atoms with van der Waals surface area (Å²) in [6.07, 6.45) is 0. The Morgan fingerprint density at radius 3 is 1.96 bits per heavy atom. The molecule has 0 aliphatic carbocycles. The zero-order valence-electron chi connectivity index (χ0n) is 12.1. The Morgan fingerprint density at radius 2 is 1.40 bits per heavy atom. The van der Waals surface area contributed by atoms with Crippen LogP contribution in [0, 0.1) is 0 Å². The van der Waals surface area contributed by atoms with Crippen LogP contribution in [0.25, 0.3) is 0 Å². The van der Waals surface area contributed by atoms with E-state index >= 15 is 0 Å². The molecule has 0 atom stereocenters. The van der Waals surface area contributed by atoms with Gasteiger partial charge in [-0.3, -0.25) is 13.9 Å². The maximum absolute atomic E-state index is 12.2. The smallest absolute Gasteiger partial charge is 0.298 e. The van der Waals surface area contributed by atoms with Crippen LogP contribution in [0.3, 0.4) is 0 Å². The van der Waals surface area contributed by atoms with Crippen LogP contribution in [0.15, 0.2) is 46.2 Å². The minimum atomic E-state index is -4.84. The van der Waals surface area contributed by atoms with Gasteiger partial charge >= 0.3 is 0 Å². The molecule has 5 N–H and O–H groups in total. The highest BCUT2D eigenvalue weighted by Gasteiger charge is 2.23. The van der Waals surface area contributed by atoms with E-state index in [1.807, 2.05) is 0 Å². The van der Waals surface area contributed by atoms with Gasteiger partial charge in [0.2, 0.25) is 0 Å². The van der Waals surface area contributed by atoms with Crippen molar-refractivity contribution in [3.8, 4) is 11.5 Å². The summed E-state index contributed by atoms with van der Waals surface area (Å²) in [6, 6.07) is 5.86. The fourth-order valence-electron chi connectivity index (χ4n) is 1.93. The topological polar surface area (TPSA) is 178 Å². The first kappa shape index (κ1) is 18.7. The molecule has 0 radical (unpaired) electrons. The fraction of sp³-hybridized carbons (Fsp3) is 0. The van der Waals surface area contributed by atoms with Gasteiger partial charge in [-0.15, -0.1) is 0 Å².